The summed E-state index contributed by atoms with van der Waals surface area (Å²) in [5.41, 5.74) is 1.01. The second-order valence-corrected chi connectivity index (χ2v) is 3.32. The summed E-state index contributed by atoms with van der Waals surface area (Å²) in [6.07, 6.45) is 1.78. The van der Waals surface area contributed by atoms with Crippen LogP contribution in [0.25, 0.3) is 0 Å². The van der Waals surface area contributed by atoms with Crippen molar-refractivity contribution in [3.05, 3.63) is 30.1 Å². The van der Waals surface area contributed by atoms with Gasteiger partial charge in [0.25, 0.3) is 0 Å². The quantitative estimate of drug-likeness (QED) is 0.728. The average Bonchev–Trinajstić information content (AvgIpc) is 2.25. The summed E-state index contributed by atoms with van der Waals surface area (Å²) in [7, 11) is 1.67. The summed E-state index contributed by atoms with van der Waals surface area (Å²) in [6.45, 7) is 1.35. The number of nitrogens with zero attached hydrogens (tertiary/aromatic N) is 1. The third-order valence-electron chi connectivity index (χ3n) is 1.85. The van der Waals surface area contributed by atoms with Crippen LogP contribution in [-0.4, -0.2) is 30.6 Å². The van der Waals surface area contributed by atoms with E-state index in [1.54, 1.807) is 13.3 Å². The molecule has 14 heavy (non-hydrogen) atoms. The molecule has 1 atom stereocenters. The van der Waals surface area contributed by atoms with Gasteiger partial charge in [0.2, 0.25) is 0 Å². The predicted molar refractivity (Wildman–Crippen MR) is 57.5 cm³/mol. The van der Waals surface area contributed by atoms with Crippen molar-refractivity contribution in [1.29, 1.82) is 0 Å². The Morgan fingerprint density at radius 1 is 1.57 bits per heavy atom. The van der Waals surface area contributed by atoms with Crippen molar-refractivity contribution in [1.82, 2.24) is 10.3 Å². The number of methoxy groups -OCH3 is 1. The lowest BCUT2D eigenvalue weighted by Crippen LogP contribution is -2.34. The van der Waals surface area contributed by atoms with Gasteiger partial charge in [0, 0.05) is 31.8 Å². The van der Waals surface area contributed by atoms with Gasteiger partial charge in [-0.25, -0.2) is 0 Å². The van der Waals surface area contributed by atoms with Gasteiger partial charge >= 0.3 is 0 Å². The fourth-order valence-electron chi connectivity index (χ4n) is 1.11. The van der Waals surface area contributed by atoms with E-state index in [0.717, 1.165) is 12.2 Å². The minimum Gasteiger partial charge on any atom is -0.383 e. The summed E-state index contributed by atoms with van der Waals surface area (Å²) >= 11 is 5.75. The molecule has 0 amide bonds. The van der Waals surface area contributed by atoms with Crippen molar-refractivity contribution in [2.24, 2.45) is 0 Å². The maximum atomic E-state index is 5.75. The van der Waals surface area contributed by atoms with E-state index < -0.39 is 0 Å². The number of aromatic nitrogens is 1. The van der Waals surface area contributed by atoms with Crippen LogP contribution >= 0.6 is 11.6 Å². The van der Waals surface area contributed by atoms with Crippen LogP contribution in [0.3, 0.4) is 0 Å². The Labute approximate surface area is 89.4 Å². The molecule has 0 aliphatic heterocycles. The van der Waals surface area contributed by atoms with Crippen LogP contribution in [0.5, 0.6) is 0 Å². The minimum atomic E-state index is 0.184. The van der Waals surface area contributed by atoms with Crippen LogP contribution in [0.1, 0.15) is 5.69 Å². The standard InChI is InChI=1S/C10H15ClN2O/c1-14-8-10(6-11)13-7-9-4-2-3-5-12-9/h2-5,10,13H,6-8H2,1H3. The van der Waals surface area contributed by atoms with E-state index in [1.165, 1.54) is 0 Å². The monoisotopic (exact) mass is 214 g/mol. The highest BCUT2D eigenvalue weighted by atomic mass is 35.5. The van der Waals surface area contributed by atoms with Crippen molar-refractivity contribution >= 4 is 11.6 Å². The number of pyridine rings is 1. The Morgan fingerprint density at radius 3 is 3.00 bits per heavy atom. The molecule has 4 heteroatoms. The molecule has 1 rings (SSSR count). The predicted octanol–water partition coefficient (Wildman–Crippen LogP) is 1.43. The van der Waals surface area contributed by atoms with Gasteiger partial charge in [0.1, 0.15) is 0 Å². The molecule has 0 aliphatic carbocycles. The van der Waals surface area contributed by atoms with Crippen LogP contribution in [0.15, 0.2) is 24.4 Å². The highest BCUT2D eigenvalue weighted by Gasteiger charge is 2.05. The fraction of sp³-hybridized carbons (Fsp3) is 0.500. The van der Waals surface area contributed by atoms with E-state index in [-0.39, 0.29) is 6.04 Å². The summed E-state index contributed by atoms with van der Waals surface area (Å²) in [5, 5.41) is 3.27. The molecule has 0 bridgehead atoms. The highest BCUT2D eigenvalue weighted by molar-refractivity contribution is 6.18. The summed E-state index contributed by atoms with van der Waals surface area (Å²) in [5.74, 6) is 0.542. The summed E-state index contributed by atoms with van der Waals surface area (Å²) in [6, 6.07) is 6.03. The molecule has 0 saturated carbocycles. The maximum absolute atomic E-state index is 5.75. The lowest BCUT2D eigenvalue weighted by atomic mass is 10.3. The second-order valence-electron chi connectivity index (χ2n) is 3.01. The topological polar surface area (TPSA) is 34.1 Å². The van der Waals surface area contributed by atoms with Crippen LogP contribution < -0.4 is 5.32 Å². The van der Waals surface area contributed by atoms with E-state index >= 15 is 0 Å². The molecule has 0 saturated heterocycles. The molecule has 1 aromatic heterocycles. The first-order chi connectivity index (χ1) is 6.86. The lowest BCUT2D eigenvalue weighted by molar-refractivity contribution is 0.172. The Hall–Kier alpha value is -0.640. The molecule has 78 valence electrons. The first-order valence-corrected chi connectivity index (χ1v) is 5.08. The summed E-state index contributed by atoms with van der Waals surface area (Å²) < 4.78 is 5.02. The minimum absolute atomic E-state index is 0.184. The fourth-order valence-corrected chi connectivity index (χ4v) is 1.31. The normalized spacial score (nSPS) is 12.7. The van der Waals surface area contributed by atoms with Crippen molar-refractivity contribution < 1.29 is 4.74 Å². The average molecular weight is 215 g/mol. The molecule has 1 aromatic rings. The SMILES string of the molecule is COCC(CCl)NCc1ccccn1. The van der Waals surface area contributed by atoms with E-state index in [4.69, 9.17) is 16.3 Å². The number of ether oxygens (including phenoxy) is 1. The first-order valence-electron chi connectivity index (χ1n) is 4.55. The molecule has 0 spiro atoms. The zero-order chi connectivity index (χ0) is 10.2. The van der Waals surface area contributed by atoms with Crippen LogP contribution in [0.4, 0.5) is 0 Å². The van der Waals surface area contributed by atoms with E-state index in [0.29, 0.717) is 12.5 Å². The van der Waals surface area contributed by atoms with Gasteiger partial charge in [-0.15, -0.1) is 11.6 Å². The van der Waals surface area contributed by atoms with Crippen molar-refractivity contribution in [3.8, 4) is 0 Å². The van der Waals surface area contributed by atoms with E-state index in [2.05, 4.69) is 10.3 Å². The van der Waals surface area contributed by atoms with Gasteiger partial charge < -0.3 is 10.1 Å². The number of rotatable bonds is 6. The molecule has 0 radical (unpaired) electrons. The first kappa shape index (κ1) is 11.4. The molecule has 1 heterocycles. The third kappa shape index (κ3) is 4.05. The molecule has 0 fully saturated rings. The van der Waals surface area contributed by atoms with E-state index in [9.17, 15) is 0 Å². The van der Waals surface area contributed by atoms with Crippen molar-refractivity contribution in [2.45, 2.75) is 12.6 Å². The largest absolute Gasteiger partial charge is 0.383 e. The lowest BCUT2D eigenvalue weighted by Gasteiger charge is -2.14. The molecular weight excluding hydrogens is 200 g/mol. The highest BCUT2D eigenvalue weighted by Crippen LogP contribution is 1.95. The molecule has 1 unspecified atom stereocenters. The number of hydrogen-bond donors (Lipinski definition) is 1. The van der Waals surface area contributed by atoms with Crippen LogP contribution in [0.2, 0.25) is 0 Å². The van der Waals surface area contributed by atoms with Crippen molar-refractivity contribution in [2.75, 3.05) is 19.6 Å². The van der Waals surface area contributed by atoms with Gasteiger partial charge in [0.15, 0.2) is 0 Å². The zero-order valence-corrected chi connectivity index (χ0v) is 9.00. The molecule has 0 aliphatic rings. The smallest absolute Gasteiger partial charge is 0.0627 e. The summed E-state index contributed by atoms with van der Waals surface area (Å²) in [4.78, 5) is 4.20. The van der Waals surface area contributed by atoms with Crippen molar-refractivity contribution in [3.63, 3.8) is 0 Å². The number of halogens is 1. The molecule has 1 N–H and O–H groups in total. The second kappa shape index (κ2) is 6.76. The Bertz CT molecular complexity index is 243. The van der Waals surface area contributed by atoms with Gasteiger partial charge in [-0.3, -0.25) is 4.98 Å². The molecule has 0 aromatic carbocycles. The number of alkyl halides is 1. The Morgan fingerprint density at radius 2 is 2.43 bits per heavy atom. The third-order valence-corrected chi connectivity index (χ3v) is 2.22. The van der Waals surface area contributed by atoms with Gasteiger partial charge in [0.05, 0.1) is 12.3 Å². The van der Waals surface area contributed by atoms with Gasteiger partial charge in [-0.05, 0) is 12.1 Å². The van der Waals surface area contributed by atoms with Gasteiger partial charge in [-0.2, -0.15) is 0 Å². The van der Waals surface area contributed by atoms with Crippen LogP contribution in [-0.2, 0) is 11.3 Å². The number of nitrogens with one attached hydrogen (secondary N) is 1. The maximum Gasteiger partial charge on any atom is 0.0627 e. The molecule has 3 nitrogen and oxygen atoms in total. The zero-order valence-electron chi connectivity index (χ0n) is 8.24. The Balaban J connectivity index is 2.32. The molecular formula is C10H15ClN2O. The Kier molecular flexibility index (Phi) is 5.52. The van der Waals surface area contributed by atoms with Crippen LogP contribution in [0, 0.1) is 0 Å². The van der Waals surface area contributed by atoms with Gasteiger partial charge in [-0.1, -0.05) is 6.07 Å². The number of hydrogen-bond acceptors (Lipinski definition) is 3. The van der Waals surface area contributed by atoms with E-state index in [1.807, 2.05) is 18.2 Å².